The Bertz CT molecular complexity index is 642. The minimum Gasteiger partial charge on any atom is -0.504 e. The summed E-state index contributed by atoms with van der Waals surface area (Å²) in [6, 6.07) is 4.44. The van der Waals surface area contributed by atoms with Gasteiger partial charge in [-0.25, -0.2) is 4.79 Å². The highest BCUT2D eigenvalue weighted by molar-refractivity contribution is 7.80. The van der Waals surface area contributed by atoms with Crippen molar-refractivity contribution in [3.8, 4) is 11.5 Å². The van der Waals surface area contributed by atoms with Crippen LogP contribution in [0.2, 0.25) is 0 Å². The van der Waals surface area contributed by atoms with Crippen LogP contribution in [0.4, 0.5) is 0 Å². The molecule has 3 N–H and O–H groups in total. The first kappa shape index (κ1) is 16.1. The van der Waals surface area contributed by atoms with E-state index in [2.05, 4.69) is 10.6 Å². The first-order valence-corrected chi connectivity index (χ1v) is 7.21. The van der Waals surface area contributed by atoms with Crippen LogP contribution in [0.1, 0.15) is 25.5 Å². The Morgan fingerprint density at radius 2 is 2.18 bits per heavy atom. The number of nitrogens with one attached hydrogen (secondary N) is 2. The fourth-order valence-electron chi connectivity index (χ4n) is 2.31. The molecule has 1 aromatic carbocycles. The van der Waals surface area contributed by atoms with Crippen molar-refractivity contribution in [1.29, 1.82) is 0 Å². The number of phenolic OH excluding ortho intramolecular Hbond substituents is 1. The molecule has 1 aromatic rings. The predicted octanol–water partition coefficient (Wildman–Crippen LogP) is 1.76. The van der Waals surface area contributed by atoms with E-state index in [4.69, 9.17) is 21.7 Å². The average Bonchev–Trinajstić information content (AvgIpc) is 2.46. The van der Waals surface area contributed by atoms with Crippen LogP contribution < -0.4 is 15.4 Å². The van der Waals surface area contributed by atoms with E-state index in [0.717, 1.165) is 0 Å². The molecule has 118 valence electrons. The van der Waals surface area contributed by atoms with Gasteiger partial charge in [0.1, 0.15) is 0 Å². The molecule has 1 aliphatic heterocycles. The third-order valence-electron chi connectivity index (χ3n) is 3.30. The van der Waals surface area contributed by atoms with Gasteiger partial charge >= 0.3 is 5.97 Å². The number of carbonyl (C=O) groups excluding carboxylic acids is 1. The van der Waals surface area contributed by atoms with Gasteiger partial charge in [0.2, 0.25) is 0 Å². The molecule has 2 rings (SSSR count). The van der Waals surface area contributed by atoms with Crippen LogP contribution in [0.5, 0.6) is 11.5 Å². The van der Waals surface area contributed by atoms with Gasteiger partial charge in [-0.1, -0.05) is 6.07 Å². The molecule has 0 bridgehead atoms. The van der Waals surface area contributed by atoms with Crippen molar-refractivity contribution in [2.45, 2.75) is 19.9 Å². The Morgan fingerprint density at radius 3 is 2.77 bits per heavy atom. The number of methoxy groups -OCH3 is 1. The molecule has 0 unspecified atom stereocenters. The van der Waals surface area contributed by atoms with Gasteiger partial charge in [-0.05, 0) is 43.8 Å². The van der Waals surface area contributed by atoms with Crippen LogP contribution in [-0.4, -0.2) is 29.9 Å². The number of ether oxygens (including phenoxy) is 2. The van der Waals surface area contributed by atoms with Crippen molar-refractivity contribution in [2.24, 2.45) is 0 Å². The summed E-state index contributed by atoms with van der Waals surface area (Å²) in [6.45, 7) is 3.78. The lowest BCUT2D eigenvalue weighted by molar-refractivity contribution is -0.139. The molecule has 6 nitrogen and oxygen atoms in total. The first-order chi connectivity index (χ1) is 10.5. The first-order valence-electron chi connectivity index (χ1n) is 6.80. The fourth-order valence-corrected chi connectivity index (χ4v) is 2.58. The number of benzene rings is 1. The molecule has 0 amide bonds. The number of esters is 1. The quantitative estimate of drug-likeness (QED) is 0.576. The minimum absolute atomic E-state index is 0.00730. The molecular formula is C15H18N2O4S. The highest BCUT2D eigenvalue weighted by atomic mass is 32.1. The van der Waals surface area contributed by atoms with E-state index in [0.29, 0.717) is 27.7 Å². The molecule has 1 aliphatic rings. The summed E-state index contributed by atoms with van der Waals surface area (Å²) in [6.07, 6.45) is 0. The highest BCUT2D eigenvalue weighted by Gasteiger charge is 2.31. The maximum atomic E-state index is 12.2. The number of hydrogen-bond acceptors (Lipinski definition) is 5. The van der Waals surface area contributed by atoms with E-state index in [1.165, 1.54) is 13.2 Å². The largest absolute Gasteiger partial charge is 0.504 e. The molecule has 7 heteroatoms. The summed E-state index contributed by atoms with van der Waals surface area (Å²) in [5, 5.41) is 16.3. The zero-order valence-corrected chi connectivity index (χ0v) is 13.4. The van der Waals surface area contributed by atoms with E-state index in [9.17, 15) is 9.90 Å². The van der Waals surface area contributed by atoms with Crippen LogP contribution in [0.25, 0.3) is 0 Å². The molecule has 22 heavy (non-hydrogen) atoms. The zero-order valence-electron chi connectivity index (χ0n) is 12.6. The Morgan fingerprint density at radius 1 is 1.45 bits per heavy atom. The molecule has 1 atom stereocenters. The summed E-state index contributed by atoms with van der Waals surface area (Å²) in [5.41, 5.74) is 1.74. The molecule has 0 saturated carbocycles. The summed E-state index contributed by atoms with van der Waals surface area (Å²) < 4.78 is 10.1. The third kappa shape index (κ3) is 3.14. The lowest BCUT2D eigenvalue weighted by Gasteiger charge is -2.30. The van der Waals surface area contributed by atoms with E-state index >= 15 is 0 Å². The summed E-state index contributed by atoms with van der Waals surface area (Å²) >= 11 is 5.15. The third-order valence-corrected chi connectivity index (χ3v) is 3.52. The molecule has 0 radical (unpaired) electrons. The lowest BCUT2D eigenvalue weighted by Crippen LogP contribution is -2.45. The molecule has 0 aromatic heterocycles. The van der Waals surface area contributed by atoms with Crippen molar-refractivity contribution in [3.05, 3.63) is 35.0 Å². The number of aromatic hydroxyl groups is 1. The maximum Gasteiger partial charge on any atom is 0.338 e. The highest BCUT2D eigenvalue weighted by Crippen LogP contribution is 2.33. The lowest BCUT2D eigenvalue weighted by atomic mass is 9.95. The van der Waals surface area contributed by atoms with Crippen LogP contribution in [-0.2, 0) is 9.53 Å². The number of phenols is 1. The Hall–Kier alpha value is -2.28. The smallest absolute Gasteiger partial charge is 0.338 e. The number of thiocarbonyl (C=S) groups is 1. The second kappa shape index (κ2) is 6.65. The van der Waals surface area contributed by atoms with Gasteiger partial charge in [0, 0.05) is 5.70 Å². The summed E-state index contributed by atoms with van der Waals surface area (Å²) in [4.78, 5) is 12.2. The Balaban J connectivity index is 2.45. The number of hydrogen-bond donors (Lipinski definition) is 3. The van der Waals surface area contributed by atoms with Crippen molar-refractivity contribution in [2.75, 3.05) is 13.7 Å². The topological polar surface area (TPSA) is 79.8 Å². The normalized spacial score (nSPS) is 17.6. The molecule has 1 heterocycles. The van der Waals surface area contributed by atoms with E-state index < -0.39 is 12.0 Å². The summed E-state index contributed by atoms with van der Waals surface area (Å²) in [7, 11) is 1.47. The van der Waals surface area contributed by atoms with Gasteiger partial charge in [-0.3, -0.25) is 0 Å². The van der Waals surface area contributed by atoms with E-state index in [1.807, 2.05) is 0 Å². The van der Waals surface area contributed by atoms with Crippen LogP contribution in [0.15, 0.2) is 29.5 Å². The van der Waals surface area contributed by atoms with Gasteiger partial charge < -0.3 is 25.2 Å². The van der Waals surface area contributed by atoms with Crippen molar-refractivity contribution in [1.82, 2.24) is 10.6 Å². The van der Waals surface area contributed by atoms with Gasteiger partial charge in [0.25, 0.3) is 0 Å². The minimum atomic E-state index is -0.496. The van der Waals surface area contributed by atoms with Crippen LogP contribution >= 0.6 is 12.2 Å². The second-order valence-electron chi connectivity index (χ2n) is 4.72. The summed E-state index contributed by atoms with van der Waals surface area (Å²) in [5.74, 6) is -0.0754. The second-order valence-corrected chi connectivity index (χ2v) is 5.13. The number of allylic oxidation sites excluding steroid dienone is 1. The van der Waals surface area contributed by atoms with E-state index in [-0.39, 0.29) is 12.4 Å². The standard InChI is InChI=1S/C15H18N2O4S/c1-4-21-14(19)12-8(2)16-15(22)17-13(12)9-5-6-11(20-3)10(18)7-9/h5-7,13,18H,4H2,1-3H3,(H2,16,17,22)/t13-/m0/s1. The SMILES string of the molecule is CCOC(=O)C1=C(C)NC(=S)N[C@H]1c1ccc(OC)c(O)c1. The van der Waals surface area contributed by atoms with Gasteiger partial charge in [-0.2, -0.15) is 0 Å². The van der Waals surface area contributed by atoms with Crippen molar-refractivity contribution < 1.29 is 19.4 Å². The van der Waals surface area contributed by atoms with Gasteiger partial charge in [-0.15, -0.1) is 0 Å². The van der Waals surface area contributed by atoms with Crippen molar-refractivity contribution >= 4 is 23.3 Å². The molecule has 0 spiro atoms. The van der Waals surface area contributed by atoms with Crippen LogP contribution in [0, 0.1) is 0 Å². The number of carbonyl (C=O) groups is 1. The average molecular weight is 322 g/mol. The molecular weight excluding hydrogens is 304 g/mol. The van der Waals surface area contributed by atoms with Gasteiger partial charge in [0.05, 0.1) is 25.3 Å². The predicted molar refractivity (Wildman–Crippen MR) is 85.6 cm³/mol. The van der Waals surface area contributed by atoms with Crippen molar-refractivity contribution in [3.63, 3.8) is 0 Å². The van der Waals surface area contributed by atoms with Crippen LogP contribution in [0.3, 0.4) is 0 Å². The van der Waals surface area contributed by atoms with E-state index in [1.54, 1.807) is 26.0 Å². The maximum absolute atomic E-state index is 12.2. The molecule has 0 fully saturated rings. The zero-order chi connectivity index (χ0) is 16.3. The fraction of sp³-hybridized carbons (Fsp3) is 0.333. The van der Waals surface area contributed by atoms with Gasteiger partial charge in [0.15, 0.2) is 16.6 Å². The number of rotatable bonds is 4. The molecule has 0 saturated heterocycles. The Kier molecular flexibility index (Phi) is 4.87. The Labute approximate surface area is 134 Å². The molecule has 0 aliphatic carbocycles. The monoisotopic (exact) mass is 322 g/mol.